The van der Waals surface area contributed by atoms with Crippen molar-refractivity contribution in [3.05, 3.63) is 39.7 Å². The molecule has 0 radical (unpaired) electrons. The first-order chi connectivity index (χ1) is 7.80. The molecule has 0 saturated heterocycles. The molecule has 0 saturated carbocycles. The zero-order valence-electron chi connectivity index (χ0n) is 8.85. The van der Waals surface area contributed by atoms with E-state index in [-0.39, 0.29) is 16.5 Å². The third-order valence-corrected chi connectivity index (χ3v) is 2.56. The van der Waals surface area contributed by atoms with E-state index in [1.807, 2.05) is 0 Å². The summed E-state index contributed by atoms with van der Waals surface area (Å²) in [6.07, 6.45) is -4.56. The Morgan fingerprint density at radius 3 is 2.53 bits per heavy atom. The summed E-state index contributed by atoms with van der Waals surface area (Å²) in [5.41, 5.74) is 3.86. The van der Waals surface area contributed by atoms with Gasteiger partial charge in [-0.15, -0.1) is 0 Å². The summed E-state index contributed by atoms with van der Waals surface area (Å²) >= 11 is 0. The number of halogens is 3. The molecule has 6 heteroatoms. The van der Waals surface area contributed by atoms with Crippen LogP contribution in [0.4, 0.5) is 18.9 Å². The van der Waals surface area contributed by atoms with Gasteiger partial charge in [0.2, 0.25) is 0 Å². The molecule has 2 aromatic rings. The molecule has 0 spiro atoms. The van der Waals surface area contributed by atoms with Gasteiger partial charge in [-0.05, 0) is 19.1 Å². The molecule has 0 fully saturated rings. The van der Waals surface area contributed by atoms with Gasteiger partial charge in [0.25, 0.3) is 5.56 Å². The number of anilines is 1. The average molecular weight is 242 g/mol. The van der Waals surface area contributed by atoms with E-state index < -0.39 is 17.3 Å². The van der Waals surface area contributed by atoms with E-state index in [4.69, 9.17) is 5.73 Å². The number of pyridine rings is 1. The van der Waals surface area contributed by atoms with Gasteiger partial charge in [0.1, 0.15) is 0 Å². The number of benzene rings is 1. The number of rotatable bonds is 0. The van der Waals surface area contributed by atoms with Gasteiger partial charge in [0.05, 0.1) is 11.1 Å². The van der Waals surface area contributed by atoms with Gasteiger partial charge in [-0.1, -0.05) is 6.07 Å². The molecule has 1 aromatic carbocycles. The van der Waals surface area contributed by atoms with Gasteiger partial charge >= 0.3 is 6.18 Å². The largest absolute Gasteiger partial charge is 0.417 e. The summed E-state index contributed by atoms with van der Waals surface area (Å²) in [6, 6.07) is 3.94. The number of fused-ring (bicyclic) bond motifs is 1. The van der Waals surface area contributed by atoms with Crippen LogP contribution < -0.4 is 11.3 Å². The molecule has 0 aliphatic rings. The Bertz CT molecular complexity index is 643. The maximum absolute atomic E-state index is 12.9. The molecule has 3 nitrogen and oxygen atoms in total. The fraction of sp³-hybridized carbons (Fsp3) is 0.182. The van der Waals surface area contributed by atoms with Crippen molar-refractivity contribution in [1.82, 2.24) is 4.98 Å². The highest BCUT2D eigenvalue weighted by Crippen LogP contribution is 2.35. The molecule has 0 atom stereocenters. The first-order valence-electron chi connectivity index (χ1n) is 4.80. The van der Waals surface area contributed by atoms with Gasteiger partial charge in [-0.25, -0.2) is 0 Å². The van der Waals surface area contributed by atoms with Gasteiger partial charge in [-0.2, -0.15) is 13.2 Å². The van der Waals surface area contributed by atoms with Crippen LogP contribution in [0.25, 0.3) is 10.9 Å². The van der Waals surface area contributed by atoms with Crippen molar-refractivity contribution in [2.75, 3.05) is 5.73 Å². The number of nitrogens with two attached hydrogens (primary N) is 1. The predicted molar refractivity (Wildman–Crippen MR) is 58.7 cm³/mol. The highest BCUT2D eigenvalue weighted by molar-refractivity contribution is 5.86. The van der Waals surface area contributed by atoms with Crippen LogP contribution in [0.15, 0.2) is 23.0 Å². The van der Waals surface area contributed by atoms with E-state index >= 15 is 0 Å². The maximum atomic E-state index is 12.9. The number of aromatic amines is 1. The number of H-pyrrole nitrogens is 1. The minimum atomic E-state index is -4.56. The average Bonchev–Trinajstić information content (AvgIpc) is 2.18. The number of nitrogens with one attached hydrogen (secondary N) is 1. The number of aromatic nitrogens is 1. The predicted octanol–water partition coefficient (Wildman–Crippen LogP) is 2.44. The molecule has 1 aromatic heterocycles. The summed E-state index contributed by atoms with van der Waals surface area (Å²) in [5.74, 6) is 0. The lowest BCUT2D eigenvalue weighted by Gasteiger charge is -2.13. The van der Waals surface area contributed by atoms with Crippen LogP contribution in [-0.4, -0.2) is 4.98 Å². The van der Waals surface area contributed by atoms with E-state index in [0.29, 0.717) is 5.69 Å². The molecular weight excluding hydrogens is 233 g/mol. The SMILES string of the molecule is Cc1c(C(F)(F)F)c2ccc(N)cc2[nH]c1=O. The van der Waals surface area contributed by atoms with Crippen molar-refractivity contribution >= 4 is 16.6 Å². The quantitative estimate of drug-likeness (QED) is 0.697. The first-order valence-corrected chi connectivity index (χ1v) is 4.80. The van der Waals surface area contributed by atoms with Crippen LogP contribution in [-0.2, 0) is 6.18 Å². The normalized spacial score (nSPS) is 12.0. The van der Waals surface area contributed by atoms with Crippen molar-refractivity contribution in [3.8, 4) is 0 Å². The molecule has 3 N–H and O–H groups in total. The highest BCUT2D eigenvalue weighted by atomic mass is 19.4. The standard InChI is InChI=1S/C11H9F3N2O/c1-5-9(11(12,13)14)7-3-2-6(15)4-8(7)16-10(5)17/h2-4H,15H2,1H3,(H,16,17). The molecule has 90 valence electrons. The Labute approximate surface area is 94.1 Å². The van der Waals surface area contributed by atoms with Crippen molar-refractivity contribution in [1.29, 1.82) is 0 Å². The minimum Gasteiger partial charge on any atom is -0.399 e. The van der Waals surface area contributed by atoms with Crippen LogP contribution in [0.3, 0.4) is 0 Å². The summed E-state index contributed by atoms with van der Waals surface area (Å²) in [4.78, 5) is 13.8. The number of hydrogen-bond donors (Lipinski definition) is 2. The molecule has 0 amide bonds. The summed E-state index contributed by atoms with van der Waals surface area (Å²) in [6.45, 7) is 1.15. The topological polar surface area (TPSA) is 58.9 Å². The third kappa shape index (κ3) is 1.86. The Balaban J connectivity index is 2.98. The van der Waals surface area contributed by atoms with Crippen molar-refractivity contribution < 1.29 is 13.2 Å². The van der Waals surface area contributed by atoms with Crippen LogP contribution in [0, 0.1) is 6.92 Å². The van der Waals surface area contributed by atoms with Crippen molar-refractivity contribution in [2.45, 2.75) is 13.1 Å². The number of hydrogen-bond acceptors (Lipinski definition) is 2. The van der Waals surface area contributed by atoms with E-state index in [1.165, 1.54) is 18.2 Å². The lowest BCUT2D eigenvalue weighted by atomic mass is 10.0. The van der Waals surface area contributed by atoms with E-state index in [1.54, 1.807) is 0 Å². The second-order valence-corrected chi connectivity index (χ2v) is 3.76. The second-order valence-electron chi connectivity index (χ2n) is 3.76. The Morgan fingerprint density at radius 2 is 1.94 bits per heavy atom. The van der Waals surface area contributed by atoms with E-state index in [0.717, 1.165) is 6.92 Å². The Morgan fingerprint density at radius 1 is 1.29 bits per heavy atom. The molecule has 0 aliphatic heterocycles. The first kappa shape index (κ1) is 11.5. The summed E-state index contributed by atoms with van der Waals surface area (Å²) in [5, 5.41) is -0.0520. The molecule has 0 bridgehead atoms. The highest BCUT2D eigenvalue weighted by Gasteiger charge is 2.35. The van der Waals surface area contributed by atoms with Gasteiger partial charge in [-0.3, -0.25) is 4.79 Å². The van der Waals surface area contributed by atoms with Crippen LogP contribution >= 0.6 is 0 Å². The molecule has 17 heavy (non-hydrogen) atoms. The monoisotopic (exact) mass is 242 g/mol. The Hall–Kier alpha value is -1.98. The van der Waals surface area contributed by atoms with Gasteiger partial charge in [0.15, 0.2) is 0 Å². The minimum absolute atomic E-state index is 0.0520. The molecule has 0 unspecified atom stereocenters. The molecule has 2 rings (SSSR count). The second kappa shape index (κ2) is 3.51. The fourth-order valence-corrected chi connectivity index (χ4v) is 1.78. The molecule has 0 aliphatic carbocycles. The smallest absolute Gasteiger partial charge is 0.399 e. The van der Waals surface area contributed by atoms with E-state index in [9.17, 15) is 18.0 Å². The van der Waals surface area contributed by atoms with Crippen LogP contribution in [0.1, 0.15) is 11.1 Å². The van der Waals surface area contributed by atoms with Crippen LogP contribution in [0.2, 0.25) is 0 Å². The van der Waals surface area contributed by atoms with Crippen molar-refractivity contribution in [3.63, 3.8) is 0 Å². The molecular formula is C11H9F3N2O. The molecule has 1 heterocycles. The van der Waals surface area contributed by atoms with Gasteiger partial charge < -0.3 is 10.7 Å². The van der Waals surface area contributed by atoms with Crippen LogP contribution in [0.5, 0.6) is 0 Å². The fourth-order valence-electron chi connectivity index (χ4n) is 1.78. The third-order valence-electron chi connectivity index (χ3n) is 2.56. The number of nitrogen functional groups attached to an aromatic ring is 1. The van der Waals surface area contributed by atoms with Crippen molar-refractivity contribution in [2.24, 2.45) is 0 Å². The van der Waals surface area contributed by atoms with Gasteiger partial charge in [0, 0.05) is 16.6 Å². The maximum Gasteiger partial charge on any atom is 0.417 e. The van der Waals surface area contributed by atoms with E-state index in [2.05, 4.69) is 4.98 Å². The zero-order valence-corrected chi connectivity index (χ0v) is 8.85. The summed E-state index contributed by atoms with van der Waals surface area (Å²) < 4.78 is 38.6. The lowest BCUT2D eigenvalue weighted by molar-refractivity contribution is -0.136. The zero-order chi connectivity index (χ0) is 12.8. The number of alkyl halides is 3. The summed E-state index contributed by atoms with van der Waals surface area (Å²) in [7, 11) is 0. The Kier molecular flexibility index (Phi) is 2.38. The lowest BCUT2D eigenvalue weighted by Crippen LogP contribution is -2.19.